The van der Waals surface area contributed by atoms with Gasteiger partial charge < -0.3 is 46.0 Å². The number of hydrogen-bond donors (Lipinski definition) is 4. The van der Waals surface area contributed by atoms with Crippen molar-refractivity contribution in [2.75, 3.05) is 0 Å². The zero-order valence-electron chi connectivity index (χ0n) is 27.9. The van der Waals surface area contributed by atoms with Crippen molar-refractivity contribution < 1.29 is 79.0 Å². The van der Waals surface area contributed by atoms with Crippen molar-refractivity contribution >= 4 is 43.1 Å². The molecule has 8 N–H and O–H groups in total. The molecule has 8 rings (SSSR count). The minimum absolute atomic E-state index is 0. The number of aromatic nitrogens is 8. The van der Waals surface area contributed by atoms with Gasteiger partial charge in [0.2, 0.25) is 0 Å². The number of hydrogen-bond acceptors (Lipinski definition) is 10. The molecule has 0 fully saturated rings. The van der Waals surface area contributed by atoms with Crippen LogP contribution in [0.3, 0.4) is 0 Å². The molecule has 0 aliphatic carbocycles. The fourth-order valence-corrected chi connectivity index (χ4v) is 4.49. The monoisotopic (exact) mass is 864 g/mol. The number of aromatic amines is 4. The van der Waals surface area contributed by atoms with E-state index in [9.17, 15) is 29.4 Å². The van der Waals surface area contributed by atoms with Crippen molar-refractivity contribution in [3.05, 3.63) is 150 Å². The van der Waals surface area contributed by atoms with Gasteiger partial charge in [-0.3, -0.25) is 19.2 Å². The second-order valence-electron chi connectivity index (χ2n) is 10.5. The Balaban J connectivity index is 0. The van der Waals surface area contributed by atoms with Gasteiger partial charge in [0.05, 0.1) is 24.8 Å². The summed E-state index contributed by atoms with van der Waals surface area (Å²) in [5.74, 6) is -0.887. The van der Waals surface area contributed by atoms with Crippen LogP contribution in [0.25, 0.3) is 43.1 Å². The predicted octanol–water partition coefficient (Wildman–Crippen LogP) is -5.19. The Labute approximate surface area is 336 Å². The predicted molar refractivity (Wildman–Crippen MR) is 185 cm³/mol. The van der Waals surface area contributed by atoms with Crippen LogP contribution in [0.1, 0.15) is 11.1 Å². The van der Waals surface area contributed by atoms with Gasteiger partial charge in [-0.05, 0) is 95.1 Å². The van der Waals surface area contributed by atoms with Crippen LogP contribution in [0.4, 0.5) is 0 Å². The summed E-state index contributed by atoms with van der Waals surface area (Å²) in [4.78, 5) is 50.4. The largest absolute Gasteiger partial charge is 2.00 e. The maximum absolute atomic E-state index is 12.9. The van der Waals surface area contributed by atoms with Crippen molar-refractivity contribution in [1.82, 2.24) is 40.8 Å². The minimum Gasteiger partial charge on any atom is -1.00 e. The summed E-state index contributed by atoms with van der Waals surface area (Å²) in [7, 11) is 0. The Bertz CT molecular complexity index is 2260. The molecule has 20 heteroatoms. The molecule has 0 amide bonds. The van der Waals surface area contributed by atoms with Gasteiger partial charge in [-0.1, -0.05) is 35.8 Å². The van der Waals surface area contributed by atoms with E-state index in [2.05, 4.69) is 40.8 Å². The molecule has 288 valence electrons. The quantitative estimate of drug-likeness (QED) is 0.107. The summed E-state index contributed by atoms with van der Waals surface area (Å²) in [6.07, 6.45) is 4.76. The minimum atomic E-state index is -0.588. The van der Waals surface area contributed by atoms with E-state index >= 15 is 0 Å². The molecule has 0 spiro atoms. The summed E-state index contributed by atoms with van der Waals surface area (Å²) in [5, 5.41) is 52.2. The van der Waals surface area contributed by atoms with Crippen LogP contribution in [0.2, 0.25) is 0 Å². The molecule has 0 radical (unpaired) electrons. The summed E-state index contributed by atoms with van der Waals surface area (Å²) < 4.78 is 0. The van der Waals surface area contributed by atoms with Gasteiger partial charge in [0.15, 0.2) is 0 Å². The molecule has 0 aliphatic heterocycles. The van der Waals surface area contributed by atoms with Crippen LogP contribution in [-0.4, -0.2) is 51.7 Å². The number of nitrogens with one attached hydrogen (secondary N) is 4. The summed E-state index contributed by atoms with van der Waals surface area (Å²) in [6, 6.07) is 17.6. The Kier molecular flexibility index (Phi) is 21.8. The van der Waals surface area contributed by atoms with Gasteiger partial charge in [0.1, 0.15) is 0 Å². The van der Waals surface area contributed by atoms with E-state index in [-0.39, 0.29) is 112 Å². The Morgan fingerprint density at radius 2 is 0.593 bits per heavy atom. The normalized spacial score (nSPS) is 9.22. The molecule has 4 aromatic heterocycles. The third kappa shape index (κ3) is 12.9. The van der Waals surface area contributed by atoms with E-state index in [1.54, 1.807) is 38.1 Å². The molecule has 8 aromatic rings. The smallest absolute Gasteiger partial charge is 1.00 e. The van der Waals surface area contributed by atoms with E-state index in [0.717, 1.165) is 0 Å². The first kappa shape index (κ1) is 50.6. The molecule has 4 heterocycles. The van der Waals surface area contributed by atoms with Crippen LogP contribution >= 0.6 is 0 Å². The van der Waals surface area contributed by atoms with E-state index in [4.69, 9.17) is 0 Å². The maximum atomic E-state index is 12.9. The Morgan fingerprint density at radius 1 is 0.407 bits per heavy atom. The second-order valence-corrected chi connectivity index (χ2v) is 10.5. The molecule has 0 atom stereocenters. The zero-order valence-corrected chi connectivity index (χ0v) is 31.4. The average Bonchev–Trinajstić information content (AvgIpc) is 3.07. The molecule has 54 heavy (non-hydrogen) atoms. The van der Waals surface area contributed by atoms with Gasteiger partial charge in [0.25, 0.3) is 22.2 Å². The molecule has 4 aromatic carbocycles. The van der Waals surface area contributed by atoms with Crippen molar-refractivity contribution in [2.24, 2.45) is 0 Å². The molecule has 0 unspecified atom stereocenters. The topological polar surface area (TPSA) is 292 Å². The Hall–Kier alpha value is -5.47. The van der Waals surface area contributed by atoms with Crippen LogP contribution in [0.15, 0.2) is 117 Å². The van der Waals surface area contributed by atoms with Crippen LogP contribution in [0, 0.1) is 13.8 Å². The average molecular weight is 867 g/mol. The number of aryl methyl sites for hydroxylation is 2. The summed E-state index contributed by atoms with van der Waals surface area (Å²) in [5.41, 5.74) is -0.946. The standard InChI is InChI=1S/C34H28N8O6.2ClH.2Ni.2H2O/c1-19-11-25-15-35-39-31(45)21-3-7-23(8-4-21)33(47)41-37-17-27-13-20(2)14-28(30(27)44)18-38-42-34(48)24-9-5-22(6-10-24)32(46)40-36-16-26(12-19)29(25)43;;;;;;/h3-18,43-44H,1-2H3,(H,39,45)(H,40,46)(H,41,47)(H,42,48);2*1H;;;2*1H2/q;;;2*+2;;/p-4. The maximum Gasteiger partial charge on any atom is 2.00 e. The fraction of sp³-hybridized carbons (Fsp3) is 0.0588. The molecule has 8 bridgehead atoms. The molecule has 0 aliphatic rings. The molecule has 0 saturated carbocycles. The first-order chi connectivity index (χ1) is 23.1. The third-order valence-corrected chi connectivity index (χ3v) is 6.88. The number of benzene rings is 4. The zero-order chi connectivity index (χ0) is 34.2. The molecule has 16 nitrogen and oxygen atoms in total. The van der Waals surface area contributed by atoms with Gasteiger partial charge >= 0.3 is 33.0 Å². The first-order valence-electron chi connectivity index (χ1n) is 14.3. The fourth-order valence-electron chi connectivity index (χ4n) is 4.49. The Morgan fingerprint density at radius 3 is 0.778 bits per heavy atom. The first-order valence-corrected chi connectivity index (χ1v) is 14.3. The van der Waals surface area contributed by atoms with Gasteiger partial charge in [-0.25, -0.2) is 20.4 Å². The van der Waals surface area contributed by atoms with Crippen molar-refractivity contribution in [1.29, 1.82) is 0 Å². The van der Waals surface area contributed by atoms with E-state index < -0.39 is 33.7 Å². The number of nitrogens with zero attached hydrogens (tertiary/aromatic N) is 4. The number of halogens is 2. The van der Waals surface area contributed by atoms with Gasteiger partial charge in [-0.2, -0.15) is 20.4 Å². The van der Waals surface area contributed by atoms with E-state index in [1.165, 1.54) is 73.3 Å². The van der Waals surface area contributed by atoms with Crippen molar-refractivity contribution in [3.8, 4) is 11.5 Å². The van der Waals surface area contributed by atoms with Crippen molar-refractivity contribution in [3.63, 3.8) is 0 Å². The van der Waals surface area contributed by atoms with Gasteiger partial charge in [-0.15, -0.1) is 0 Å². The van der Waals surface area contributed by atoms with Crippen LogP contribution in [-0.2, 0) is 33.0 Å². The number of H-pyrrole nitrogens is 4. The van der Waals surface area contributed by atoms with Gasteiger partial charge in [0, 0.05) is 21.5 Å². The van der Waals surface area contributed by atoms with Crippen molar-refractivity contribution in [2.45, 2.75) is 13.8 Å². The third-order valence-electron chi connectivity index (χ3n) is 6.88. The molecular weight excluding hydrogens is 837 g/mol. The van der Waals surface area contributed by atoms with Crippen LogP contribution in [0.5, 0.6) is 11.5 Å². The van der Waals surface area contributed by atoms with Crippen LogP contribution < -0.4 is 57.3 Å². The molecule has 0 saturated heterocycles. The molecular formula is C34H30Cl2N8Ni2O8. The number of rotatable bonds is 0. The van der Waals surface area contributed by atoms with E-state index in [0.29, 0.717) is 11.1 Å². The summed E-state index contributed by atoms with van der Waals surface area (Å²) in [6.45, 7) is 3.51. The van der Waals surface area contributed by atoms with E-state index in [1.807, 2.05) is 0 Å². The summed E-state index contributed by atoms with van der Waals surface area (Å²) >= 11 is 0. The second kappa shape index (κ2) is 23.2. The SMILES string of the molecule is Cc1cc2cn[nH]c(=O)c3ccc(cc3)c(=O)[nH]ncc3cc(C)cc(cn[nH]c(=O)c4ccc(cc4)c(=O)[nH]ncc(c1)c2[O-])c3[O-].O.O.[Cl-].[Cl-].[Ni+2].[Ni+2].